The van der Waals surface area contributed by atoms with Crippen LogP contribution in [-0.2, 0) is 33.7 Å². The summed E-state index contributed by atoms with van der Waals surface area (Å²) in [6.45, 7) is 0.626. The first kappa shape index (κ1) is 22.3. The van der Waals surface area contributed by atoms with Crippen LogP contribution in [0.5, 0.6) is 0 Å². The number of fused-ring (bicyclic) bond motifs is 1. The Kier molecular flexibility index (Phi) is 5.48. The van der Waals surface area contributed by atoms with Crippen LogP contribution in [0, 0.1) is 0 Å². The molecule has 0 spiro atoms. The summed E-state index contributed by atoms with van der Waals surface area (Å²) in [5, 5.41) is 0. The molecule has 11 heteroatoms. The standard InChI is InChI=1S/C19H15F6NO3S/c1-11(27)7-16-15-9-14(19(23,24)25)5-6-17(15)30(28,29)26(16)10-12-3-2-4-13(8-12)18(20,21)22/h2-6,8-9,16H,7,10H2,1H3/t16-/m0/s1. The molecular weight excluding hydrogens is 436 g/mol. The van der Waals surface area contributed by atoms with E-state index < -0.39 is 63.2 Å². The van der Waals surface area contributed by atoms with Crippen molar-refractivity contribution < 1.29 is 39.6 Å². The number of halogens is 6. The Morgan fingerprint density at radius 1 is 0.967 bits per heavy atom. The maximum atomic E-state index is 13.1. The fourth-order valence-corrected chi connectivity index (χ4v) is 5.20. The van der Waals surface area contributed by atoms with E-state index in [1.54, 1.807) is 0 Å². The normalized spacial score (nSPS) is 19.0. The van der Waals surface area contributed by atoms with Crippen molar-refractivity contribution in [1.29, 1.82) is 0 Å². The molecule has 0 aromatic heterocycles. The summed E-state index contributed by atoms with van der Waals surface area (Å²) in [6.07, 6.45) is -9.79. The number of carbonyl (C=O) groups excluding carboxylic acids is 1. The van der Waals surface area contributed by atoms with Gasteiger partial charge in [0.1, 0.15) is 5.78 Å². The highest BCUT2D eigenvalue weighted by atomic mass is 32.2. The van der Waals surface area contributed by atoms with Crippen molar-refractivity contribution in [3.05, 3.63) is 64.7 Å². The predicted molar refractivity (Wildman–Crippen MR) is 93.7 cm³/mol. The van der Waals surface area contributed by atoms with Gasteiger partial charge in [-0.05, 0) is 42.3 Å². The fraction of sp³-hybridized carbons (Fsp3) is 0.316. The molecule has 4 nitrogen and oxygen atoms in total. The predicted octanol–water partition coefficient (Wildman–Crippen LogP) is 4.95. The van der Waals surface area contributed by atoms with Crippen LogP contribution >= 0.6 is 0 Å². The van der Waals surface area contributed by atoms with Crippen LogP contribution in [0.25, 0.3) is 0 Å². The zero-order chi connectivity index (χ0) is 22.5. The minimum Gasteiger partial charge on any atom is -0.300 e. The molecule has 1 aliphatic heterocycles. The molecule has 0 fully saturated rings. The molecule has 0 radical (unpaired) electrons. The Morgan fingerprint density at radius 3 is 2.13 bits per heavy atom. The highest BCUT2D eigenvalue weighted by Gasteiger charge is 2.45. The molecule has 3 rings (SSSR count). The highest BCUT2D eigenvalue weighted by molar-refractivity contribution is 7.89. The zero-order valence-electron chi connectivity index (χ0n) is 15.4. The van der Waals surface area contributed by atoms with Gasteiger partial charge in [-0.3, -0.25) is 4.79 Å². The topological polar surface area (TPSA) is 54.5 Å². The minimum atomic E-state index is -4.73. The lowest BCUT2D eigenvalue weighted by molar-refractivity contribution is -0.138. The van der Waals surface area contributed by atoms with E-state index >= 15 is 0 Å². The second kappa shape index (κ2) is 7.38. The highest BCUT2D eigenvalue weighted by Crippen LogP contribution is 2.45. The summed E-state index contributed by atoms with van der Waals surface area (Å²) >= 11 is 0. The minimum absolute atomic E-state index is 0.00852. The average molecular weight is 451 g/mol. The maximum Gasteiger partial charge on any atom is 0.416 e. The number of benzene rings is 2. The van der Waals surface area contributed by atoms with Gasteiger partial charge in [-0.2, -0.15) is 30.6 Å². The van der Waals surface area contributed by atoms with Crippen molar-refractivity contribution in [3.63, 3.8) is 0 Å². The van der Waals surface area contributed by atoms with Crippen molar-refractivity contribution in [3.8, 4) is 0 Å². The Hall–Kier alpha value is -2.40. The van der Waals surface area contributed by atoms with Gasteiger partial charge in [-0.15, -0.1) is 0 Å². The first-order valence-corrected chi connectivity index (χ1v) is 10.0. The van der Waals surface area contributed by atoms with Gasteiger partial charge in [0.05, 0.1) is 22.1 Å². The van der Waals surface area contributed by atoms with Crippen LogP contribution in [-0.4, -0.2) is 18.5 Å². The van der Waals surface area contributed by atoms with E-state index in [4.69, 9.17) is 0 Å². The van der Waals surface area contributed by atoms with Gasteiger partial charge in [0.2, 0.25) is 10.0 Å². The summed E-state index contributed by atoms with van der Waals surface area (Å²) in [5.41, 5.74) is -2.28. The van der Waals surface area contributed by atoms with Gasteiger partial charge in [0.15, 0.2) is 0 Å². The van der Waals surface area contributed by atoms with Gasteiger partial charge in [0, 0.05) is 13.0 Å². The molecule has 0 unspecified atom stereocenters. The third-order valence-electron chi connectivity index (χ3n) is 4.70. The second-order valence-corrected chi connectivity index (χ2v) is 8.78. The molecule has 0 amide bonds. The molecule has 0 N–H and O–H groups in total. The quantitative estimate of drug-likeness (QED) is 0.619. The molecule has 0 bridgehead atoms. The van der Waals surface area contributed by atoms with Crippen molar-refractivity contribution >= 4 is 15.8 Å². The van der Waals surface area contributed by atoms with Crippen molar-refractivity contribution in [2.24, 2.45) is 0 Å². The van der Waals surface area contributed by atoms with Gasteiger partial charge in [0.25, 0.3) is 0 Å². The molecule has 30 heavy (non-hydrogen) atoms. The van der Waals surface area contributed by atoms with Crippen molar-refractivity contribution in [2.75, 3.05) is 0 Å². The lowest BCUT2D eigenvalue weighted by atomic mass is 9.99. The molecule has 162 valence electrons. The van der Waals surface area contributed by atoms with E-state index in [0.717, 1.165) is 35.5 Å². The summed E-state index contributed by atoms with van der Waals surface area (Å²) in [4.78, 5) is 11.3. The number of hydrogen-bond acceptors (Lipinski definition) is 3. The molecular formula is C19H15F6NO3S. The second-order valence-electron chi connectivity index (χ2n) is 6.92. The van der Waals surface area contributed by atoms with E-state index in [9.17, 15) is 39.6 Å². The van der Waals surface area contributed by atoms with E-state index in [1.807, 2.05) is 0 Å². The van der Waals surface area contributed by atoms with Gasteiger partial charge < -0.3 is 0 Å². The SMILES string of the molecule is CC(=O)C[C@H]1c2cc(C(F)(F)F)ccc2S(=O)(=O)N1Cc1cccc(C(F)(F)F)c1. The van der Waals surface area contributed by atoms with Crippen LogP contribution < -0.4 is 0 Å². The number of Topliss-reactive ketones (excluding diaryl/α,β-unsaturated/α-hetero) is 1. The number of rotatable bonds is 4. The molecule has 1 atom stereocenters. The number of nitrogens with zero attached hydrogens (tertiary/aromatic N) is 1. The van der Waals surface area contributed by atoms with Crippen molar-refractivity contribution in [1.82, 2.24) is 4.31 Å². The van der Waals surface area contributed by atoms with E-state index in [2.05, 4.69) is 0 Å². The zero-order valence-corrected chi connectivity index (χ0v) is 16.2. The maximum absolute atomic E-state index is 13.1. The van der Waals surface area contributed by atoms with Crippen molar-refractivity contribution in [2.45, 2.75) is 43.2 Å². The fourth-order valence-electron chi connectivity index (χ4n) is 3.37. The molecule has 1 heterocycles. The third-order valence-corrected chi connectivity index (χ3v) is 6.63. The average Bonchev–Trinajstić information content (AvgIpc) is 2.81. The van der Waals surface area contributed by atoms with Crippen LogP contribution in [0.1, 0.15) is 41.6 Å². The Morgan fingerprint density at radius 2 is 1.57 bits per heavy atom. The van der Waals surface area contributed by atoms with E-state index in [1.165, 1.54) is 6.07 Å². The lowest BCUT2D eigenvalue weighted by Crippen LogP contribution is -2.29. The van der Waals surface area contributed by atoms with Gasteiger partial charge in [-0.25, -0.2) is 8.42 Å². The van der Waals surface area contributed by atoms with E-state index in [-0.39, 0.29) is 11.1 Å². The van der Waals surface area contributed by atoms with Crippen LogP contribution in [0.4, 0.5) is 26.3 Å². The largest absolute Gasteiger partial charge is 0.416 e. The number of alkyl halides is 6. The monoisotopic (exact) mass is 451 g/mol. The summed E-state index contributed by atoms with van der Waals surface area (Å²) in [7, 11) is -4.32. The van der Waals surface area contributed by atoms with Crippen LogP contribution in [0.2, 0.25) is 0 Å². The summed E-state index contributed by atoms with van der Waals surface area (Å²) in [6, 6.07) is 4.83. The Balaban J connectivity index is 2.08. The Labute approximate surface area is 168 Å². The van der Waals surface area contributed by atoms with Gasteiger partial charge in [-0.1, -0.05) is 18.2 Å². The number of ketones is 1. The smallest absolute Gasteiger partial charge is 0.300 e. The molecule has 2 aromatic carbocycles. The van der Waals surface area contributed by atoms with Gasteiger partial charge >= 0.3 is 12.4 Å². The molecule has 1 aliphatic rings. The first-order valence-electron chi connectivity index (χ1n) is 8.60. The third kappa shape index (κ3) is 4.22. The van der Waals surface area contributed by atoms with Crippen LogP contribution in [0.3, 0.4) is 0 Å². The first-order chi connectivity index (χ1) is 13.7. The number of carbonyl (C=O) groups is 1. The van der Waals surface area contributed by atoms with E-state index in [0.29, 0.717) is 12.1 Å². The number of hydrogen-bond donors (Lipinski definition) is 0. The lowest BCUT2D eigenvalue weighted by Gasteiger charge is -2.23. The molecule has 0 saturated heterocycles. The van der Waals surface area contributed by atoms with Crippen LogP contribution in [0.15, 0.2) is 47.4 Å². The summed E-state index contributed by atoms with van der Waals surface area (Å²) < 4.78 is 105. The molecule has 2 aromatic rings. The molecule has 0 saturated carbocycles. The molecule has 0 aliphatic carbocycles. The summed E-state index contributed by atoms with van der Waals surface area (Å²) in [5.74, 6) is -0.477. The Bertz CT molecular complexity index is 1090. The number of sulfonamides is 1.